The van der Waals surface area contributed by atoms with E-state index in [1.807, 2.05) is 29.2 Å². The van der Waals surface area contributed by atoms with E-state index in [9.17, 15) is 14.4 Å². The Morgan fingerprint density at radius 3 is 2.31 bits per heavy atom. The normalized spacial score (nSPS) is 13.9. The molecule has 1 N–H and O–H groups in total. The van der Waals surface area contributed by atoms with Crippen LogP contribution in [-0.2, 0) is 20.7 Å². The number of nitrogens with zero attached hydrogens (tertiary/aromatic N) is 2. The van der Waals surface area contributed by atoms with Crippen LogP contribution in [0.25, 0.3) is 0 Å². The first kappa shape index (κ1) is 26.3. The van der Waals surface area contributed by atoms with Crippen LogP contribution < -0.4 is 4.74 Å². The van der Waals surface area contributed by atoms with Crippen molar-refractivity contribution >= 4 is 17.8 Å². The standard InChI is InChI=1S/C26H35N3O6/c1-18-23(26(32)35-17-16-33-3)19(2)27-24(18)25(31)29-13-5-12-28(14-15-29)22(30)11-8-20-6-9-21(34-4)10-7-20/h6-7,9-10,27H,5,8,11-17H2,1-4H3. The highest BCUT2D eigenvalue weighted by Gasteiger charge is 2.28. The lowest BCUT2D eigenvalue weighted by atomic mass is 10.1. The van der Waals surface area contributed by atoms with E-state index in [1.165, 1.54) is 7.11 Å². The predicted molar refractivity (Wildman–Crippen MR) is 131 cm³/mol. The van der Waals surface area contributed by atoms with Gasteiger partial charge in [0.25, 0.3) is 5.91 Å². The molecule has 35 heavy (non-hydrogen) atoms. The zero-order valence-corrected chi connectivity index (χ0v) is 21.0. The average Bonchev–Trinajstić information content (AvgIpc) is 3.02. The van der Waals surface area contributed by atoms with Crippen molar-refractivity contribution in [2.24, 2.45) is 0 Å². The largest absolute Gasteiger partial charge is 0.497 e. The highest BCUT2D eigenvalue weighted by molar-refractivity contribution is 6.00. The van der Waals surface area contributed by atoms with Crippen LogP contribution in [-0.4, -0.2) is 86.2 Å². The van der Waals surface area contributed by atoms with E-state index in [0.29, 0.717) is 74.6 Å². The molecule has 1 aliphatic heterocycles. The van der Waals surface area contributed by atoms with Gasteiger partial charge in [-0.3, -0.25) is 9.59 Å². The van der Waals surface area contributed by atoms with E-state index in [-0.39, 0.29) is 18.4 Å². The smallest absolute Gasteiger partial charge is 0.340 e. The number of H-pyrrole nitrogens is 1. The van der Waals surface area contributed by atoms with Crippen molar-refractivity contribution in [2.75, 3.05) is 53.6 Å². The first-order valence-corrected chi connectivity index (χ1v) is 11.9. The molecule has 9 heteroatoms. The average molecular weight is 486 g/mol. The Morgan fingerprint density at radius 1 is 0.943 bits per heavy atom. The SMILES string of the molecule is COCCOC(=O)c1c(C)[nH]c(C(=O)N2CCCN(C(=O)CCc3ccc(OC)cc3)CC2)c1C. The summed E-state index contributed by atoms with van der Waals surface area (Å²) in [7, 11) is 3.16. The van der Waals surface area contributed by atoms with Gasteiger partial charge in [-0.25, -0.2) is 4.79 Å². The summed E-state index contributed by atoms with van der Waals surface area (Å²) in [4.78, 5) is 45.2. The van der Waals surface area contributed by atoms with E-state index in [2.05, 4.69) is 4.98 Å². The Morgan fingerprint density at radius 2 is 1.63 bits per heavy atom. The summed E-state index contributed by atoms with van der Waals surface area (Å²) in [6.45, 7) is 6.05. The van der Waals surface area contributed by atoms with Crippen molar-refractivity contribution in [1.29, 1.82) is 0 Å². The van der Waals surface area contributed by atoms with Crippen molar-refractivity contribution in [3.63, 3.8) is 0 Å². The second kappa shape index (κ2) is 12.4. The molecule has 1 fully saturated rings. The summed E-state index contributed by atoms with van der Waals surface area (Å²) in [6.07, 6.45) is 1.78. The minimum Gasteiger partial charge on any atom is -0.497 e. The third kappa shape index (κ3) is 6.63. The van der Waals surface area contributed by atoms with Crippen LogP contribution >= 0.6 is 0 Å². The van der Waals surface area contributed by atoms with Crippen LogP contribution in [0.1, 0.15) is 50.5 Å². The monoisotopic (exact) mass is 485 g/mol. The third-order valence-electron chi connectivity index (χ3n) is 6.30. The van der Waals surface area contributed by atoms with Crippen molar-refractivity contribution in [3.8, 4) is 5.75 Å². The summed E-state index contributed by atoms with van der Waals surface area (Å²) >= 11 is 0. The molecule has 1 aliphatic rings. The molecular weight excluding hydrogens is 450 g/mol. The molecule has 1 saturated heterocycles. The van der Waals surface area contributed by atoms with Gasteiger partial charge in [0.2, 0.25) is 5.91 Å². The first-order valence-electron chi connectivity index (χ1n) is 11.9. The van der Waals surface area contributed by atoms with Crippen LogP contribution in [0.5, 0.6) is 5.75 Å². The highest BCUT2D eigenvalue weighted by Crippen LogP contribution is 2.21. The summed E-state index contributed by atoms with van der Waals surface area (Å²) in [6, 6.07) is 7.73. The number of nitrogens with one attached hydrogen (secondary N) is 1. The molecule has 0 atom stereocenters. The molecule has 2 aromatic rings. The Labute approximate surface area is 206 Å². The molecule has 9 nitrogen and oxygen atoms in total. The lowest BCUT2D eigenvalue weighted by Crippen LogP contribution is -2.37. The Kier molecular flexibility index (Phi) is 9.31. The van der Waals surface area contributed by atoms with E-state index in [0.717, 1.165) is 11.3 Å². The summed E-state index contributed by atoms with van der Waals surface area (Å²) < 4.78 is 15.3. The van der Waals surface area contributed by atoms with Gasteiger partial charge in [0.05, 0.1) is 19.3 Å². The number of aromatic nitrogens is 1. The van der Waals surface area contributed by atoms with Gasteiger partial charge in [-0.15, -0.1) is 0 Å². The predicted octanol–water partition coefficient (Wildman–Crippen LogP) is 2.75. The van der Waals surface area contributed by atoms with Crippen LogP contribution in [0.4, 0.5) is 0 Å². The van der Waals surface area contributed by atoms with Gasteiger partial charge >= 0.3 is 5.97 Å². The van der Waals surface area contributed by atoms with Crippen molar-refractivity contribution in [2.45, 2.75) is 33.1 Å². The van der Waals surface area contributed by atoms with Crippen LogP contribution in [0.3, 0.4) is 0 Å². The van der Waals surface area contributed by atoms with Crippen molar-refractivity contribution in [1.82, 2.24) is 14.8 Å². The lowest BCUT2D eigenvalue weighted by molar-refractivity contribution is -0.131. The molecule has 0 unspecified atom stereocenters. The van der Waals surface area contributed by atoms with Gasteiger partial charge in [-0.05, 0) is 49.9 Å². The maximum atomic E-state index is 13.3. The second-order valence-corrected chi connectivity index (χ2v) is 8.63. The van der Waals surface area contributed by atoms with Crippen LogP contribution in [0, 0.1) is 13.8 Å². The Hall–Kier alpha value is -3.33. The van der Waals surface area contributed by atoms with Gasteiger partial charge in [-0.1, -0.05) is 12.1 Å². The molecule has 1 aromatic carbocycles. The summed E-state index contributed by atoms with van der Waals surface area (Å²) in [5, 5.41) is 0. The number of hydrogen-bond acceptors (Lipinski definition) is 6. The Balaban J connectivity index is 1.57. The number of hydrogen-bond donors (Lipinski definition) is 1. The number of aryl methyl sites for hydroxylation is 2. The zero-order chi connectivity index (χ0) is 25.4. The number of ether oxygens (including phenoxy) is 3. The van der Waals surface area contributed by atoms with Gasteiger partial charge in [-0.2, -0.15) is 0 Å². The van der Waals surface area contributed by atoms with Gasteiger partial charge in [0.15, 0.2) is 0 Å². The van der Waals surface area contributed by atoms with E-state index in [1.54, 1.807) is 25.9 Å². The molecule has 0 aliphatic carbocycles. The molecule has 1 aromatic heterocycles. The maximum Gasteiger partial charge on any atom is 0.340 e. The fourth-order valence-electron chi connectivity index (χ4n) is 4.29. The quantitative estimate of drug-likeness (QED) is 0.433. The molecule has 2 heterocycles. The lowest BCUT2D eigenvalue weighted by Gasteiger charge is -2.22. The highest BCUT2D eigenvalue weighted by atomic mass is 16.6. The number of esters is 1. The van der Waals surface area contributed by atoms with Crippen molar-refractivity contribution in [3.05, 3.63) is 52.3 Å². The van der Waals surface area contributed by atoms with E-state index >= 15 is 0 Å². The topological polar surface area (TPSA) is 101 Å². The fraction of sp³-hybridized carbons (Fsp3) is 0.500. The number of carbonyl (C=O) groups is 3. The van der Waals surface area contributed by atoms with Gasteiger partial charge < -0.3 is 29.0 Å². The van der Waals surface area contributed by atoms with Crippen LogP contribution in [0.2, 0.25) is 0 Å². The molecule has 0 spiro atoms. The maximum absolute atomic E-state index is 13.3. The number of aromatic amines is 1. The summed E-state index contributed by atoms with van der Waals surface area (Å²) in [5.41, 5.74) is 3.03. The molecule has 0 radical (unpaired) electrons. The van der Waals surface area contributed by atoms with E-state index < -0.39 is 5.97 Å². The fourth-order valence-corrected chi connectivity index (χ4v) is 4.29. The number of amides is 2. The van der Waals surface area contributed by atoms with Crippen molar-refractivity contribution < 1.29 is 28.6 Å². The summed E-state index contributed by atoms with van der Waals surface area (Å²) in [5.74, 6) is 0.231. The number of rotatable bonds is 9. The number of carbonyl (C=O) groups excluding carboxylic acids is 3. The molecule has 2 amide bonds. The molecular formula is C26H35N3O6. The minimum atomic E-state index is -0.475. The molecule has 0 bridgehead atoms. The molecule has 0 saturated carbocycles. The van der Waals surface area contributed by atoms with E-state index in [4.69, 9.17) is 14.2 Å². The number of benzene rings is 1. The zero-order valence-electron chi connectivity index (χ0n) is 21.0. The first-order chi connectivity index (χ1) is 16.8. The molecule has 190 valence electrons. The third-order valence-corrected chi connectivity index (χ3v) is 6.30. The van der Waals surface area contributed by atoms with Gasteiger partial charge in [0, 0.05) is 45.4 Å². The van der Waals surface area contributed by atoms with Crippen LogP contribution in [0.15, 0.2) is 24.3 Å². The minimum absolute atomic E-state index is 0.0862. The number of methoxy groups -OCH3 is 2. The second-order valence-electron chi connectivity index (χ2n) is 8.63. The Bertz CT molecular complexity index is 1030. The molecule has 3 rings (SSSR count). The van der Waals surface area contributed by atoms with Gasteiger partial charge in [0.1, 0.15) is 18.1 Å².